The van der Waals surface area contributed by atoms with Crippen molar-refractivity contribution in [2.24, 2.45) is 11.8 Å². The van der Waals surface area contributed by atoms with Crippen LogP contribution >= 0.6 is 11.8 Å². The highest BCUT2D eigenvalue weighted by atomic mass is 32.2. The Morgan fingerprint density at radius 3 is 2.54 bits per heavy atom. The first-order valence-electron chi connectivity index (χ1n) is 8.31. The van der Waals surface area contributed by atoms with Crippen molar-refractivity contribution in [1.82, 2.24) is 14.9 Å². The third-order valence-electron chi connectivity index (χ3n) is 4.68. The number of hydrogen-bond acceptors (Lipinski definition) is 3. The summed E-state index contributed by atoms with van der Waals surface area (Å²) in [6.45, 7) is -2.67. The molecule has 1 aromatic heterocycles. The van der Waals surface area contributed by atoms with E-state index in [0.717, 1.165) is 16.3 Å². The van der Waals surface area contributed by atoms with Gasteiger partial charge in [0.05, 0.1) is 16.8 Å². The number of para-hydroxylation sites is 2. The Morgan fingerprint density at radius 2 is 1.92 bits per heavy atom. The number of halogens is 2. The number of imidazole rings is 1. The van der Waals surface area contributed by atoms with E-state index in [-0.39, 0.29) is 22.9 Å². The third kappa shape index (κ3) is 3.27. The summed E-state index contributed by atoms with van der Waals surface area (Å²) in [5.41, 5.74) is 0.916. The zero-order chi connectivity index (χ0) is 16.7. The van der Waals surface area contributed by atoms with Gasteiger partial charge in [0, 0.05) is 6.04 Å². The molecule has 4 rings (SSSR count). The van der Waals surface area contributed by atoms with Crippen LogP contribution in [0.25, 0.3) is 11.0 Å². The van der Waals surface area contributed by atoms with E-state index in [9.17, 15) is 13.6 Å². The van der Waals surface area contributed by atoms with E-state index in [1.807, 2.05) is 0 Å². The van der Waals surface area contributed by atoms with Gasteiger partial charge in [0.15, 0.2) is 5.16 Å². The number of fused-ring (bicyclic) bond motifs is 1. The lowest BCUT2D eigenvalue weighted by atomic mass is 10.1. The van der Waals surface area contributed by atoms with E-state index in [4.69, 9.17) is 0 Å². The fraction of sp³-hybridized carbons (Fsp3) is 0.529. The van der Waals surface area contributed by atoms with Crippen LogP contribution in [-0.4, -0.2) is 27.3 Å². The zero-order valence-electron chi connectivity index (χ0n) is 13.1. The molecule has 128 valence electrons. The number of aromatic nitrogens is 2. The highest BCUT2D eigenvalue weighted by Gasteiger charge is 2.42. The molecule has 2 fully saturated rings. The number of thioether (sulfide) groups is 1. The van der Waals surface area contributed by atoms with Gasteiger partial charge < -0.3 is 5.32 Å². The normalized spacial score (nSPS) is 17.8. The van der Waals surface area contributed by atoms with Crippen molar-refractivity contribution >= 4 is 28.7 Å². The molecular weight excluding hydrogens is 332 g/mol. The summed E-state index contributed by atoms with van der Waals surface area (Å²) in [7, 11) is 0. The number of rotatable bonds is 7. The molecule has 0 saturated heterocycles. The summed E-state index contributed by atoms with van der Waals surface area (Å²) in [5.74, 6) is 1.28. The number of carbonyl (C=O) groups is 1. The van der Waals surface area contributed by atoms with Crippen LogP contribution in [0.1, 0.15) is 32.2 Å². The summed E-state index contributed by atoms with van der Waals surface area (Å²) in [6, 6.07) is 7.08. The number of amides is 1. The summed E-state index contributed by atoms with van der Waals surface area (Å²) >= 11 is 1.08. The molecule has 24 heavy (non-hydrogen) atoms. The van der Waals surface area contributed by atoms with Crippen molar-refractivity contribution in [3.63, 3.8) is 0 Å². The fourth-order valence-electron chi connectivity index (χ4n) is 3.20. The maximum atomic E-state index is 13.4. The minimum absolute atomic E-state index is 0.0864. The average molecular weight is 351 g/mol. The van der Waals surface area contributed by atoms with E-state index in [0.29, 0.717) is 22.9 Å². The second-order valence-corrected chi connectivity index (χ2v) is 7.53. The van der Waals surface area contributed by atoms with Crippen LogP contribution in [-0.2, 0) is 4.79 Å². The van der Waals surface area contributed by atoms with Gasteiger partial charge in [-0.1, -0.05) is 23.9 Å². The smallest absolute Gasteiger partial charge is 0.321 e. The van der Waals surface area contributed by atoms with Gasteiger partial charge in [0.2, 0.25) is 5.91 Å². The predicted molar refractivity (Wildman–Crippen MR) is 89.1 cm³/mol. The van der Waals surface area contributed by atoms with E-state index >= 15 is 0 Å². The summed E-state index contributed by atoms with van der Waals surface area (Å²) in [5, 5.41) is 3.30. The van der Waals surface area contributed by atoms with Crippen molar-refractivity contribution < 1.29 is 13.6 Å². The van der Waals surface area contributed by atoms with Crippen LogP contribution in [0.3, 0.4) is 0 Å². The number of hydrogen-bond donors (Lipinski definition) is 1. The third-order valence-corrected chi connectivity index (χ3v) is 5.63. The Morgan fingerprint density at radius 1 is 1.25 bits per heavy atom. The van der Waals surface area contributed by atoms with E-state index in [2.05, 4.69) is 10.3 Å². The van der Waals surface area contributed by atoms with Crippen molar-refractivity contribution in [3.05, 3.63) is 24.3 Å². The Bertz CT molecular complexity index is 743. The van der Waals surface area contributed by atoms with Crippen LogP contribution in [0.15, 0.2) is 29.4 Å². The van der Waals surface area contributed by atoms with Gasteiger partial charge in [-0.2, -0.15) is 8.78 Å². The predicted octanol–water partition coefficient (Wildman–Crippen LogP) is 3.83. The Kier molecular flexibility index (Phi) is 4.20. The van der Waals surface area contributed by atoms with Crippen molar-refractivity contribution in [2.75, 3.05) is 5.75 Å². The number of alkyl halides is 2. The van der Waals surface area contributed by atoms with Crippen molar-refractivity contribution in [1.29, 1.82) is 0 Å². The molecule has 0 spiro atoms. The molecular formula is C17H19F2N3OS. The topological polar surface area (TPSA) is 46.9 Å². The van der Waals surface area contributed by atoms with E-state index in [1.165, 1.54) is 25.7 Å². The van der Waals surface area contributed by atoms with Gasteiger partial charge in [0.1, 0.15) is 0 Å². The first-order valence-corrected chi connectivity index (χ1v) is 9.29. The second kappa shape index (κ2) is 6.35. The van der Waals surface area contributed by atoms with Crippen LogP contribution in [0.2, 0.25) is 0 Å². The van der Waals surface area contributed by atoms with Gasteiger partial charge in [-0.05, 0) is 49.7 Å². The molecule has 0 aliphatic heterocycles. The van der Waals surface area contributed by atoms with Gasteiger partial charge in [-0.15, -0.1) is 0 Å². The molecule has 2 aliphatic rings. The Hall–Kier alpha value is -1.63. The second-order valence-electron chi connectivity index (χ2n) is 6.59. The first-order chi connectivity index (χ1) is 11.6. The summed E-state index contributed by atoms with van der Waals surface area (Å²) < 4.78 is 27.6. The molecule has 2 saturated carbocycles. The standard InChI is InChI=1S/C17H19F2N3OS/c18-16(19)22-13-4-2-1-3-12(13)20-17(22)24-9-14(23)21-15(10-5-6-10)11-7-8-11/h1-4,10-11,15-16H,5-9H2,(H,21,23). The van der Waals surface area contributed by atoms with Crippen LogP contribution in [0, 0.1) is 11.8 Å². The molecule has 0 unspecified atom stereocenters. The highest BCUT2D eigenvalue weighted by Crippen LogP contribution is 2.44. The van der Waals surface area contributed by atoms with Gasteiger partial charge in [-0.25, -0.2) is 4.98 Å². The lowest BCUT2D eigenvalue weighted by Gasteiger charge is -2.17. The number of carbonyl (C=O) groups excluding carboxylic acids is 1. The quantitative estimate of drug-likeness (QED) is 0.771. The molecule has 0 bridgehead atoms. The Balaban J connectivity index is 1.44. The SMILES string of the molecule is O=C(CSc1nc2ccccc2n1C(F)F)NC(C1CC1)C1CC1. The summed E-state index contributed by atoms with van der Waals surface area (Å²) in [6.07, 6.45) is 4.76. The largest absolute Gasteiger partial charge is 0.352 e. The molecule has 1 N–H and O–H groups in total. The maximum Gasteiger partial charge on any atom is 0.321 e. The number of benzene rings is 1. The first kappa shape index (κ1) is 15.9. The van der Waals surface area contributed by atoms with Crippen molar-refractivity contribution in [3.8, 4) is 0 Å². The van der Waals surface area contributed by atoms with Gasteiger partial charge in [-0.3, -0.25) is 9.36 Å². The molecule has 0 atom stereocenters. The molecule has 2 aromatic rings. The molecule has 4 nitrogen and oxygen atoms in total. The molecule has 7 heteroatoms. The average Bonchev–Trinajstić information content (AvgIpc) is 3.46. The van der Waals surface area contributed by atoms with Crippen LogP contribution in [0.5, 0.6) is 0 Å². The van der Waals surface area contributed by atoms with E-state index < -0.39 is 6.55 Å². The lowest BCUT2D eigenvalue weighted by molar-refractivity contribution is -0.119. The molecule has 2 aliphatic carbocycles. The minimum Gasteiger partial charge on any atom is -0.352 e. The summed E-state index contributed by atoms with van der Waals surface area (Å²) in [4.78, 5) is 16.5. The zero-order valence-corrected chi connectivity index (χ0v) is 13.9. The van der Waals surface area contributed by atoms with Crippen LogP contribution in [0.4, 0.5) is 8.78 Å². The molecule has 0 radical (unpaired) electrons. The number of nitrogens with one attached hydrogen (secondary N) is 1. The molecule has 1 heterocycles. The highest BCUT2D eigenvalue weighted by molar-refractivity contribution is 7.99. The monoisotopic (exact) mass is 351 g/mol. The van der Waals surface area contributed by atoms with Gasteiger partial charge in [0.25, 0.3) is 0 Å². The molecule has 1 aromatic carbocycles. The molecule has 1 amide bonds. The van der Waals surface area contributed by atoms with E-state index in [1.54, 1.807) is 24.3 Å². The fourth-order valence-corrected chi connectivity index (χ4v) is 4.03. The van der Waals surface area contributed by atoms with Crippen molar-refractivity contribution in [2.45, 2.75) is 43.4 Å². The minimum atomic E-state index is -2.67. The van der Waals surface area contributed by atoms with Crippen LogP contribution < -0.4 is 5.32 Å². The lowest BCUT2D eigenvalue weighted by Crippen LogP contribution is -2.39. The maximum absolute atomic E-state index is 13.4. The van der Waals surface area contributed by atoms with Gasteiger partial charge >= 0.3 is 6.55 Å². The number of nitrogens with zero attached hydrogens (tertiary/aromatic N) is 2. The Labute approximate surface area is 143 Å².